The molecule has 18 heavy (non-hydrogen) atoms. The summed E-state index contributed by atoms with van der Waals surface area (Å²) in [5.74, 6) is 1.12. The van der Waals surface area contributed by atoms with Crippen molar-refractivity contribution in [3.8, 4) is 0 Å². The average molecular weight is 243 g/mol. The molecule has 1 aliphatic rings. The summed E-state index contributed by atoms with van der Waals surface area (Å²) in [6.07, 6.45) is 2.87. The van der Waals surface area contributed by atoms with Crippen molar-refractivity contribution < 1.29 is 4.79 Å². The van der Waals surface area contributed by atoms with Gasteiger partial charge in [0.15, 0.2) is 0 Å². The zero-order chi connectivity index (χ0) is 12.7. The molecule has 1 atom stereocenters. The minimum Gasteiger partial charge on any atom is -0.342 e. The third kappa shape index (κ3) is 1.60. The summed E-state index contributed by atoms with van der Waals surface area (Å²) in [4.78, 5) is 19.7. The van der Waals surface area contributed by atoms with Gasteiger partial charge in [0.2, 0.25) is 5.91 Å². The summed E-state index contributed by atoms with van der Waals surface area (Å²) < 4.78 is 0. The first-order valence-corrected chi connectivity index (χ1v) is 6.56. The maximum absolute atomic E-state index is 11.8. The summed E-state index contributed by atoms with van der Waals surface area (Å²) >= 11 is 0. The molecule has 0 aliphatic carbocycles. The van der Waals surface area contributed by atoms with Crippen LogP contribution in [0.3, 0.4) is 0 Å². The molecule has 1 aromatic heterocycles. The first kappa shape index (κ1) is 11.3. The number of carbonyl (C=O) groups excluding carboxylic acids is 1. The standard InChI is InChI=1S/C14H17N3O/c1-3-5-13-15-11-6-9-8(4-2)14(18)17-10(9)7-12(11)16-13/h6-8H,3-5H2,1-2H3,(H,15,16)(H,17,18). The number of nitrogens with zero attached hydrogens (tertiary/aromatic N) is 1. The van der Waals surface area contributed by atoms with Crippen LogP contribution in [0, 0.1) is 0 Å². The quantitative estimate of drug-likeness (QED) is 0.870. The molecule has 1 unspecified atom stereocenters. The Labute approximate surface area is 106 Å². The predicted molar refractivity (Wildman–Crippen MR) is 71.8 cm³/mol. The summed E-state index contributed by atoms with van der Waals surface area (Å²) in [6, 6.07) is 4.05. The Kier molecular flexibility index (Phi) is 2.58. The molecule has 2 N–H and O–H groups in total. The number of nitrogens with one attached hydrogen (secondary N) is 2. The normalized spacial score (nSPS) is 18.1. The van der Waals surface area contributed by atoms with E-state index in [1.54, 1.807) is 0 Å². The van der Waals surface area contributed by atoms with Gasteiger partial charge in [-0.2, -0.15) is 0 Å². The van der Waals surface area contributed by atoms with Crippen molar-refractivity contribution in [3.63, 3.8) is 0 Å². The third-order valence-electron chi connectivity index (χ3n) is 3.55. The van der Waals surface area contributed by atoms with E-state index in [1.165, 1.54) is 0 Å². The number of amides is 1. The van der Waals surface area contributed by atoms with Crippen LogP contribution in [0.1, 0.15) is 44.0 Å². The Balaban J connectivity index is 2.10. The van der Waals surface area contributed by atoms with Crippen LogP contribution in [0.15, 0.2) is 12.1 Å². The number of H-pyrrole nitrogens is 1. The van der Waals surface area contributed by atoms with E-state index in [2.05, 4.69) is 28.3 Å². The molecule has 0 saturated heterocycles. The lowest BCUT2D eigenvalue weighted by atomic mass is 9.98. The lowest BCUT2D eigenvalue weighted by Crippen LogP contribution is -2.10. The second-order valence-corrected chi connectivity index (χ2v) is 4.84. The topological polar surface area (TPSA) is 57.8 Å². The highest BCUT2D eigenvalue weighted by atomic mass is 16.2. The number of anilines is 1. The second-order valence-electron chi connectivity index (χ2n) is 4.84. The number of rotatable bonds is 3. The maximum atomic E-state index is 11.8. The Hall–Kier alpha value is -1.84. The summed E-state index contributed by atoms with van der Waals surface area (Å²) in [6.45, 7) is 4.18. The Morgan fingerprint density at radius 2 is 2.17 bits per heavy atom. The summed E-state index contributed by atoms with van der Waals surface area (Å²) in [5.41, 5.74) is 4.00. The zero-order valence-electron chi connectivity index (χ0n) is 10.7. The number of carbonyl (C=O) groups is 1. The smallest absolute Gasteiger partial charge is 0.231 e. The Morgan fingerprint density at radius 3 is 2.89 bits per heavy atom. The van der Waals surface area contributed by atoms with Gasteiger partial charge in [0.05, 0.1) is 17.0 Å². The summed E-state index contributed by atoms with van der Waals surface area (Å²) in [7, 11) is 0. The SMILES string of the molecule is CCCc1nc2cc3c(cc2[nH]1)C(CC)C(=O)N3. The van der Waals surface area contributed by atoms with Crippen molar-refractivity contribution in [2.75, 3.05) is 5.32 Å². The lowest BCUT2D eigenvalue weighted by molar-refractivity contribution is -0.117. The number of aromatic amines is 1. The van der Waals surface area contributed by atoms with E-state index < -0.39 is 0 Å². The van der Waals surface area contributed by atoms with E-state index in [-0.39, 0.29) is 11.8 Å². The van der Waals surface area contributed by atoms with Gasteiger partial charge in [-0.3, -0.25) is 4.79 Å². The molecule has 1 aliphatic heterocycles. The number of aryl methyl sites for hydroxylation is 1. The Morgan fingerprint density at radius 1 is 1.33 bits per heavy atom. The van der Waals surface area contributed by atoms with Crippen LogP contribution in [-0.4, -0.2) is 15.9 Å². The highest BCUT2D eigenvalue weighted by Crippen LogP contribution is 2.36. The van der Waals surface area contributed by atoms with Crippen molar-refractivity contribution >= 4 is 22.6 Å². The van der Waals surface area contributed by atoms with Gasteiger partial charge in [-0.25, -0.2) is 4.98 Å². The minimum atomic E-state index is -0.0117. The van der Waals surface area contributed by atoms with Gasteiger partial charge >= 0.3 is 0 Å². The molecule has 1 aromatic carbocycles. The highest BCUT2D eigenvalue weighted by Gasteiger charge is 2.29. The fourth-order valence-electron chi connectivity index (χ4n) is 2.64. The minimum absolute atomic E-state index is 0.0117. The molecule has 2 aromatic rings. The number of benzene rings is 1. The first-order chi connectivity index (χ1) is 8.72. The molecule has 0 saturated carbocycles. The highest BCUT2D eigenvalue weighted by molar-refractivity contribution is 6.05. The van der Waals surface area contributed by atoms with E-state index in [0.29, 0.717) is 0 Å². The van der Waals surface area contributed by atoms with E-state index >= 15 is 0 Å². The van der Waals surface area contributed by atoms with Gasteiger partial charge < -0.3 is 10.3 Å². The van der Waals surface area contributed by atoms with Crippen LogP contribution >= 0.6 is 0 Å². The van der Waals surface area contributed by atoms with Gasteiger partial charge in [0.25, 0.3) is 0 Å². The molecule has 0 bridgehead atoms. The molecule has 94 valence electrons. The van der Waals surface area contributed by atoms with Crippen LogP contribution in [0.4, 0.5) is 5.69 Å². The fraction of sp³-hybridized carbons (Fsp3) is 0.429. The van der Waals surface area contributed by atoms with E-state index in [9.17, 15) is 4.79 Å². The molecule has 0 spiro atoms. The van der Waals surface area contributed by atoms with Crippen molar-refractivity contribution in [2.24, 2.45) is 0 Å². The number of hydrogen-bond acceptors (Lipinski definition) is 2. The van der Waals surface area contributed by atoms with Gasteiger partial charge in [-0.05, 0) is 30.5 Å². The predicted octanol–water partition coefficient (Wildman–Crippen LogP) is 2.96. The van der Waals surface area contributed by atoms with Crippen LogP contribution in [0.25, 0.3) is 11.0 Å². The molecule has 4 nitrogen and oxygen atoms in total. The number of hydrogen-bond donors (Lipinski definition) is 2. The Bertz CT molecular complexity index is 615. The molecule has 0 fully saturated rings. The third-order valence-corrected chi connectivity index (χ3v) is 3.55. The summed E-state index contributed by atoms with van der Waals surface area (Å²) in [5, 5.41) is 2.94. The average Bonchev–Trinajstić information content (AvgIpc) is 2.85. The van der Waals surface area contributed by atoms with Gasteiger partial charge in [0.1, 0.15) is 5.82 Å². The molecular weight excluding hydrogens is 226 g/mol. The van der Waals surface area contributed by atoms with E-state index in [0.717, 1.165) is 47.4 Å². The monoisotopic (exact) mass is 243 g/mol. The number of fused-ring (bicyclic) bond motifs is 2. The van der Waals surface area contributed by atoms with Crippen LogP contribution in [0.5, 0.6) is 0 Å². The second kappa shape index (κ2) is 4.12. The number of imidazole rings is 1. The van der Waals surface area contributed by atoms with Gasteiger partial charge in [0, 0.05) is 12.1 Å². The van der Waals surface area contributed by atoms with Crippen LogP contribution < -0.4 is 5.32 Å². The molecular formula is C14H17N3O. The van der Waals surface area contributed by atoms with Gasteiger partial charge in [-0.15, -0.1) is 0 Å². The maximum Gasteiger partial charge on any atom is 0.231 e. The molecule has 4 heteroatoms. The van der Waals surface area contributed by atoms with E-state index in [4.69, 9.17) is 0 Å². The van der Waals surface area contributed by atoms with Crippen molar-refractivity contribution in [1.82, 2.24) is 9.97 Å². The van der Waals surface area contributed by atoms with Crippen molar-refractivity contribution in [3.05, 3.63) is 23.5 Å². The van der Waals surface area contributed by atoms with Gasteiger partial charge in [-0.1, -0.05) is 13.8 Å². The number of aromatic nitrogens is 2. The van der Waals surface area contributed by atoms with Crippen molar-refractivity contribution in [2.45, 2.75) is 39.0 Å². The van der Waals surface area contributed by atoms with Crippen molar-refractivity contribution in [1.29, 1.82) is 0 Å². The fourth-order valence-corrected chi connectivity index (χ4v) is 2.64. The van der Waals surface area contributed by atoms with Crippen LogP contribution in [0.2, 0.25) is 0 Å². The molecule has 2 heterocycles. The molecule has 1 amide bonds. The largest absolute Gasteiger partial charge is 0.342 e. The molecule has 3 rings (SSSR count). The molecule has 0 radical (unpaired) electrons. The van der Waals surface area contributed by atoms with Crippen LogP contribution in [-0.2, 0) is 11.2 Å². The first-order valence-electron chi connectivity index (χ1n) is 6.56. The zero-order valence-corrected chi connectivity index (χ0v) is 10.7. The lowest BCUT2D eigenvalue weighted by Gasteiger charge is -2.03. The van der Waals surface area contributed by atoms with E-state index in [1.807, 2.05) is 13.0 Å².